The molecule has 0 N–H and O–H groups in total. The van der Waals surface area contributed by atoms with E-state index in [1.165, 1.54) is 24.2 Å². The van der Waals surface area contributed by atoms with Gasteiger partial charge in [0.25, 0.3) is 5.56 Å². The summed E-state index contributed by atoms with van der Waals surface area (Å²) in [5.41, 5.74) is 2.59. The van der Waals surface area contributed by atoms with Gasteiger partial charge in [-0.05, 0) is 81.4 Å². The topological polar surface area (TPSA) is 141 Å². The predicted molar refractivity (Wildman–Crippen MR) is 203 cm³/mol. The van der Waals surface area contributed by atoms with Crippen LogP contribution in [0, 0.1) is 5.92 Å². The molecule has 13 heteroatoms. The van der Waals surface area contributed by atoms with Gasteiger partial charge >= 0.3 is 12.1 Å². The van der Waals surface area contributed by atoms with Crippen molar-refractivity contribution < 1.29 is 33.4 Å². The van der Waals surface area contributed by atoms with Crippen molar-refractivity contribution in [3.05, 3.63) is 69.2 Å². The molecule has 0 aliphatic carbocycles. The molecule has 1 aromatic carbocycles. The molecule has 13 nitrogen and oxygen atoms in total. The van der Waals surface area contributed by atoms with Crippen LogP contribution in [0.3, 0.4) is 0 Å². The number of cyclic esters (lactones) is 1. The molecule has 3 saturated heterocycles. The van der Waals surface area contributed by atoms with Crippen LogP contribution in [0.2, 0.25) is 0 Å². The van der Waals surface area contributed by atoms with Gasteiger partial charge in [-0.25, -0.2) is 14.6 Å². The second-order valence-corrected chi connectivity index (χ2v) is 15.6. The number of carbonyl (C=O) groups excluding carboxylic acids is 4. The Kier molecular flexibility index (Phi) is 9.77. The molecular formula is C42H49N5O8. The molecule has 8 rings (SSSR count). The van der Waals surface area contributed by atoms with Crippen LogP contribution in [-0.2, 0) is 49.0 Å². The van der Waals surface area contributed by atoms with Crippen LogP contribution >= 0.6 is 0 Å². The molecule has 1 unspecified atom stereocenters. The van der Waals surface area contributed by atoms with Crippen molar-refractivity contribution in [2.45, 2.75) is 103 Å². The fourth-order valence-corrected chi connectivity index (χ4v) is 9.25. The highest BCUT2D eigenvalue weighted by molar-refractivity contribution is 6.03. The number of pyridine rings is 2. The minimum atomic E-state index is -1.65. The molecule has 3 fully saturated rings. The summed E-state index contributed by atoms with van der Waals surface area (Å²) in [6, 6.07) is 7.82. The summed E-state index contributed by atoms with van der Waals surface area (Å²) in [7, 11) is 0. The molecule has 0 spiro atoms. The number of benzene rings is 1. The zero-order chi connectivity index (χ0) is 38.6. The van der Waals surface area contributed by atoms with E-state index in [1.807, 2.05) is 18.2 Å². The third-order valence-electron chi connectivity index (χ3n) is 12.3. The van der Waals surface area contributed by atoms with Crippen LogP contribution in [0.25, 0.3) is 22.3 Å². The van der Waals surface area contributed by atoms with Crippen molar-refractivity contribution in [3.8, 4) is 17.1 Å². The number of rotatable bonds is 9. The van der Waals surface area contributed by atoms with Crippen LogP contribution in [0.5, 0.6) is 5.75 Å². The second kappa shape index (κ2) is 14.6. The van der Waals surface area contributed by atoms with Crippen LogP contribution in [-0.4, -0.2) is 86.9 Å². The summed E-state index contributed by atoms with van der Waals surface area (Å²) in [6.45, 7) is 13.4. The van der Waals surface area contributed by atoms with Gasteiger partial charge in [0, 0.05) is 60.9 Å². The average Bonchev–Trinajstić information content (AvgIpc) is 3.68. The Labute approximate surface area is 320 Å². The van der Waals surface area contributed by atoms with Gasteiger partial charge in [-0.3, -0.25) is 19.3 Å². The summed E-state index contributed by atoms with van der Waals surface area (Å²) in [6.07, 6.45) is 6.46. The molecule has 2 aromatic heterocycles. The number of aromatic nitrogens is 2. The summed E-state index contributed by atoms with van der Waals surface area (Å²) in [4.78, 5) is 76.6. The molecule has 0 radical (unpaired) electrons. The maximum absolute atomic E-state index is 14.2. The number of esters is 1. The number of ether oxygens (including phenoxy) is 3. The van der Waals surface area contributed by atoms with Crippen molar-refractivity contribution in [2.24, 2.45) is 5.92 Å². The fraction of sp³-hybridized carbons (Fsp3) is 0.524. The third kappa shape index (κ3) is 6.39. The summed E-state index contributed by atoms with van der Waals surface area (Å²) in [5.74, 6) is -0.852. The Bertz CT molecular complexity index is 2160. The van der Waals surface area contributed by atoms with Crippen LogP contribution in [0.15, 0.2) is 41.4 Å². The molecule has 0 saturated carbocycles. The summed E-state index contributed by atoms with van der Waals surface area (Å²) < 4.78 is 19.5. The van der Waals surface area contributed by atoms with E-state index in [4.69, 9.17) is 19.2 Å². The Morgan fingerprint density at radius 2 is 1.78 bits per heavy atom. The maximum Gasteiger partial charge on any atom is 0.415 e. The first-order chi connectivity index (χ1) is 26.5. The maximum atomic E-state index is 14.2. The molecule has 3 amide bonds. The fourth-order valence-electron chi connectivity index (χ4n) is 9.25. The van der Waals surface area contributed by atoms with Gasteiger partial charge in [0.15, 0.2) is 0 Å². The van der Waals surface area contributed by atoms with Crippen LogP contribution in [0.1, 0.15) is 94.4 Å². The van der Waals surface area contributed by atoms with Gasteiger partial charge in [-0.1, -0.05) is 33.8 Å². The first-order valence-corrected chi connectivity index (χ1v) is 19.8. The van der Waals surface area contributed by atoms with Gasteiger partial charge < -0.3 is 28.6 Å². The molecular weight excluding hydrogens is 702 g/mol. The van der Waals surface area contributed by atoms with E-state index in [9.17, 15) is 24.0 Å². The number of amides is 3. The molecule has 0 bridgehead atoms. The number of hydrogen-bond donors (Lipinski definition) is 0. The number of fused-ring (bicyclic) bond motifs is 5. The first-order valence-electron chi connectivity index (χ1n) is 19.8. The summed E-state index contributed by atoms with van der Waals surface area (Å²) in [5, 5.41) is 0.853. The monoisotopic (exact) mass is 751 g/mol. The molecule has 3 aromatic rings. The zero-order valence-electron chi connectivity index (χ0n) is 32.0. The minimum Gasteiger partial charge on any atom is -0.476 e. The molecule has 55 heavy (non-hydrogen) atoms. The van der Waals surface area contributed by atoms with E-state index in [-0.39, 0.29) is 74.1 Å². The molecule has 5 aliphatic rings. The Balaban J connectivity index is 1.05. The van der Waals surface area contributed by atoms with Crippen LogP contribution in [0.4, 0.5) is 4.79 Å². The average molecular weight is 752 g/mol. The standard InChI is InChI=1S/C42H49N5O8/c1-5-29-30-21-28(54-41(52)45-17-13-27(14-18-45)44-15-8-7-9-16-44)10-11-34(30)43-37-31(29)23-47-35(37)22-33-32(39(47)50)24-53-40(51)42(33,6-2)55-26(4)12-19-46-36(48)20-25(3)38(46)49/h10-11,21-22,25,27H,4-9,12-20,23-24H2,1-3H3/t25?,42-/m0/s1. The predicted octanol–water partition coefficient (Wildman–Crippen LogP) is 5.41. The highest BCUT2D eigenvalue weighted by Gasteiger charge is 2.50. The van der Waals surface area contributed by atoms with E-state index in [1.54, 1.807) is 29.4 Å². The van der Waals surface area contributed by atoms with Gasteiger partial charge in [-0.2, -0.15) is 0 Å². The summed E-state index contributed by atoms with van der Waals surface area (Å²) >= 11 is 0. The Morgan fingerprint density at radius 1 is 1.02 bits per heavy atom. The van der Waals surface area contributed by atoms with Crippen molar-refractivity contribution >= 4 is 34.8 Å². The smallest absolute Gasteiger partial charge is 0.415 e. The lowest BCUT2D eigenvalue weighted by atomic mass is 9.85. The number of nitrogens with zero attached hydrogens (tertiary/aromatic N) is 5. The lowest BCUT2D eigenvalue weighted by molar-refractivity contribution is -0.175. The number of imide groups is 1. The normalized spacial score (nSPS) is 22.7. The third-order valence-corrected chi connectivity index (χ3v) is 12.3. The van der Waals surface area contributed by atoms with E-state index in [2.05, 4.69) is 18.4 Å². The van der Waals surface area contributed by atoms with Crippen LogP contribution < -0.4 is 10.3 Å². The van der Waals surface area contributed by atoms with E-state index in [0.29, 0.717) is 59.3 Å². The minimum absolute atomic E-state index is 0.0813. The van der Waals surface area contributed by atoms with Crippen molar-refractivity contribution in [1.29, 1.82) is 0 Å². The lowest BCUT2D eigenvalue weighted by Gasteiger charge is -2.39. The van der Waals surface area contributed by atoms with E-state index in [0.717, 1.165) is 42.4 Å². The highest BCUT2D eigenvalue weighted by atomic mass is 16.6. The van der Waals surface area contributed by atoms with E-state index >= 15 is 0 Å². The lowest BCUT2D eigenvalue weighted by Crippen LogP contribution is -2.48. The number of likely N-dealkylation sites (tertiary alicyclic amines) is 3. The van der Waals surface area contributed by atoms with Crippen molar-refractivity contribution in [2.75, 3.05) is 32.7 Å². The number of hydrogen-bond acceptors (Lipinski definition) is 10. The zero-order valence-corrected chi connectivity index (χ0v) is 32.0. The van der Waals surface area contributed by atoms with Gasteiger partial charge in [0.2, 0.25) is 17.4 Å². The molecule has 5 aliphatic heterocycles. The molecule has 7 heterocycles. The number of piperidine rings is 2. The Hall–Kier alpha value is -5.04. The Morgan fingerprint density at radius 3 is 2.47 bits per heavy atom. The largest absolute Gasteiger partial charge is 0.476 e. The van der Waals surface area contributed by atoms with Crippen molar-refractivity contribution in [1.82, 2.24) is 24.3 Å². The second-order valence-electron chi connectivity index (χ2n) is 15.6. The van der Waals surface area contributed by atoms with Crippen molar-refractivity contribution in [3.63, 3.8) is 0 Å². The van der Waals surface area contributed by atoms with Gasteiger partial charge in [0.05, 0.1) is 34.8 Å². The molecule has 2 atom stereocenters. The molecule has 290 valence electrons. The van der Waals surface area contributed by atoms with E-state index < -0.39 is 11.6 Å². The van der Waals surface area contributed by atoms with Gasteiger partial charge in [-0.15, -0.1) is 0 Å². The first kappa shape index (κ1) is 36.9. The number of aryl methyl sites for hydroxylation is 1. The number of carbonyl (C=O) groups is 4. The quantitative estimate of drug-likeness (QED) is 0.124. The highest BCUT2D eigenvalue weighted by Crippen LogP contribution is 2.43. The van der Waals surface area contributed by atoms with Gasteiger partial charge in [0.1, 0.15) is 12.4 Å². The SMILES string of the molecule is C=C(CCN1C(=O)CC(C)C1=O)O[C@]1(CC)C(=O)OCc2c1cc1n(c2=O)Cc2c-1nc1ccc(OC(=O)N3CCC(N4CCCCC4)CC3)cc1c2CC.